The molecule has 0 radical (unpaired) electrons. The summed E-state index contributed by atoms with van der Waals surface area (Å²) in [7, 11) is 0. The predicted molar refractivity (Wildman–Crippen MR) is 93.1 cm³/mol. The van der Waals surface area contributed by atoms with Crippen LogP contribution in [0, 0.1) is 0 Å². The van der Waals surface area contributed by atoms with Gasteiger partial charge >= 0.3 is 0 Å². The second-order valence-corrected chi connectivity index (χ2v) is 5.60. The third-order valence-corrected chi connectivity index (χ3v) is 3.76. The molecule has 1 aliphatic heterocycles. The molecule has 1 aliphatic rings. The zero-order chi connectivity index (χ0) is 16.9. The van der Waals surface area contributed by atoms with Crippen LogP contribution in [0.2, 0.25) is 0 Å². The van der Waals surface area contributed by atoms with Crippen molar-refractivity contribution in [3.05, 3.63) is 95.5 Å². The molecule has 0 unspecified atom stereocenters. The van der Waals surface area contributed by atoms with Crippen molar-refractivity contribution in [1.82, 2.24) is 10.6 Å². The molecule has 4 nitrogen and oxygen atoms in total. The van der Waals surface area contributed by atoms with E-state index >= 15 is 0 Å². The standard InChI is InChI=1S/C20H18N2O2/c1-14(23)12-17-19(15-8-4-2-5-9-15)21-13-18(22-17)20(24)16-10-6-3-7-11-16/h2-13,19,21-22H,1H3/b17-12+/t19-/m0/s1. The van der Waals surface area contributed by atoms with Crippen molar-refractivity contribution in [1.29, 1.82) is 0 Å². The molecule has 4 heteroatoms. The molecule has 120 valence electrons. The van der Waals surface area contributed by atoms with Crippen molar-refractivity contribution < 1.29 is 9.59 Å². The Morgan fingerprint density at radius 1 is 0.958 bits per heavy atom. The summed E-state index contributed by atoms with van der Waals surface area (Å²) in [5.74, 6) is -0.197. The van der Waals surface area contributed by atoms with Gasteiger partial charge in [0.25, 0.3) is 0 Å². The van der Waals surface area contributed by atoms with Crippen LogP contribution in [-0.2, 0) is 4.79 Å². The fraction of sp³-hybridized carbons (Fsp3) is 0.100. The normalized spacial score (nSPS) is 18.3. The fourth-order valence-electron chi connectivity index (χ4n) is 2.65. The Bertz CT molecular complexity index is 808. The number of Topliss-reactive ketones (excluding diaryl/α,β-unsaturated/α-hetero) is 1. The minimum absolute atomic E-state index is 0.0753. The number of hydrogen-bond donors (Lipinski definition) is 2. The van der Waals surface area contributed by atoms with Gasteiger partial charge in [0.05, 0.1) is 6.04 Å². The Hall–Kier alpha value is -3.14. The van der Waals surface area contributed by atoms with E-state index in [1.807, 2.05) is 48.5 Å². The van der Waals surface area contributed by atoms with E-state index in [0.717, 1.165) is 5.56 Å². The summed E-state index contributed by atoms with van der Waals surface area (Å²) in [6.45, 7) is 1.49. The van der Waals surface area contributed by atoms with Crippen LogP contribution >= 0.6 is 0 Å². The highest BCUT2D eigenvalue weighted by molar-refractivity contribution is 6.08. The smallest absolute Gasteiger partial charge is 0.210 e. The van der Waals surface area contributed by atoms with Crippen LogP contribution in [0.15, 0.2) is 84.3 Å². The zero-order valence-corrected chi connectivity index (χ0v) is 13.3. The summed E-state index contributed by atoms with van der Waals surface area (Å²) in [4.78, 5) is 24.2. The van der Waals surface area contributed by atoms with Gasteiger partial charge < -0.3 is 10.6 Å². The van der Waals surface area contributed by atoms with Crippen LogP contribution in [0.25, 0.3) is 0 Å². The Labute approximate surface area is 140 Å². The molecular weight excluding hydrogens is 300 g/mol. The summed E-state index contributed by atoms with van der Waals surface area (Å²) in [5.41, 5.74) is 2.69. The molecule has 0 aliphatic carbocycles. The minimum Gasteiger partial charge on any atom is -0.377 e. The lowest BCUT2D eigenvalue weighted by atomic mass is 9.99. The first-order valence-corrected chi connectivity index (χ1v) is 7.75. The first-order valence-electron chi connectivity index (χ1n) is 7.75. The lowest BCUT2D eigenvalue weighted by Gasteiger charge is -2.28. The van der Waals surface area contributed by atoms with Crippen molar-refractivity contribution in [3.8, 4) is 0 Å². The third kappa shape index (κ3) is 3.43. The van der Waals surface area contributed by atoms with Gasteiger partial charge in [0.2, 0.25) is 5.78 Å². The second kappa shape index (κ2) is 6.96. The van der Waals surface area contributed by atoms with E-state index in [1.165, 1.54) is 13.0 Å². The third-order valence-electron chi connectivity index (χ3n) is 3.76. The number of benzene rings is 2. The maximum absolute atomic E-state index is 12.6. The van der Waals surface area contributed by atoms with Gasteiger partial charge in [-0.2, -0.15) is 0 Å². The molecule has 1 heterocycles. The number of rotatable bonds is 4. The Balaban J connectivity index is 1.92. The largest absolute Gasteiger partial charge is 0.377 e. The average Bonchev–Trinajstić information content (AvgIpc) is 2.62. The lowest BCUT2D eigenvalue weighted by molar-refractivity contribution is -0.112. The number of ketones is 2. The molecule has 24 heavy (non-hydrogen) atoms. The molecule has 0 saturated carbocycles. The molecule has 3 rings (SSSR count). The quantitative estimate of drug-likeness (QED) is 0.672. The number of carbonyl (C=O) groups excluding carboxylic acids is 2. The highest BCUT2D eigenvalue weighted by atomic mass is 16.1. The maximum atomic E-state index is 12.6. The molecule has 2 N–H and O–H groups in total. The van der Waals surface area contributed by atoms with Gasteiger partial charge in [-0.1, -0.05) is 60.7 Å². The summed E-state index contributed by atoms with van der Waals surface area (Å²) in [6.07, 6.45) is 3.19. The Kier molecular flexibility index (Phi) is 4.57. The van der Waals surface area contributed by atoms with Gasteiger partial charge in [-0.3, -0.25) is 9.59 Å². The summed E-state index contributed by atoms with van der Waals surface area (Å²) >= 11 is 0. The highest BCUT2D eigenvalue weighted by Crippen LogP contribution is 2.24. The minimum atomic E-state index is -0.192. The molecule has 2 aromatic rings. The number of hydrogen-bond acceptors (Lipinski definition) is 4. The zero-order valence-electron chi connectivity index (χ0n) is 13.3. The molecule has 0 aromatic heterocycles. The topological polar surface area (TPSA) is 58.2 Å². The SMILES string of the molecule is CC(=O)/C=C1/NC(C(=O)c2ccccc2)=CN[C@H]1c1ccccc1. The van der Waals surface area contributed by atoms with Crippen molar-refractivity contribution in [2.75, 3.05) is 0 Å². The molecule has 1 atom stereocenters. The van der Waals surface area contributed by atoms with E-state index in [2.05, 4.69) is 10.6 Å². The van der Waals surface area contributed by atoms with Gasteiger partial charge in [-0.05, 0) is 12.5 Å². The molecular formula is C20H18N2O2. The highest BCUT2D eigenvalue weighted by Gasteiger charge is 2.24. The molecule has 0 fully saturated rings. The first-order chi connectivity index (χ1) is 11.6. The van der Waals surface area contributed by atoms with Crippen LogP contribution in [0.5, 0.6) is 0 Å². The molecule has 0 saturated heterocycles. The van der Waals surface area contributed by atoms with Gasteiger partial charge in [-0.15, -0.1) is 0 Å². The van der Waals surface area contributed by atoms with Crippen LogP contribution < -0.4 is 10.6 Å². The molecule has 0 amide bonds. The average molecular weight is 318 g/mol. The summed E-state index contributed by atoms with van der Waals surface area (Å²) in [6, 6.07) is 18.6. The fourth-order valence-corrected chi connectivity index (χ4v) is 2.65. The van der Waals surface area contributed by atoms with Gasteiger partial charge in [0.15, 0.2) is 5.78 Å². The van der Waals surface area contributed by atoms with E-state index < -0.39 is 0 Å². The van der Waals surface area contributed by atoms with Crippen molar-refractivity contribution >= 4 is 11.6 Å². The van der Waals surface area contributed by atoms with E-state index in [1.54, 1.807) is 18.3 Å². The maximum Gasteiger partial charge on any atom is 0.210 e. The van der Waals surface area contributed by atoms with Crippen molar-refractivity contribution in [3.63, 3.8) is 0 Å². The van der Waals surface area contributed by atoms with Gasteiger partial charge in [0.1, 0.15) is 5.70 Å². The number of allylic oxidation sites excluding steroid dienone is 2. The number of nitrogens with one attached hydrogen (secondary N) is 2. The van der Waals surface area contributed by atoms with E-state index in [4.69, 9.17) is 0 Å². The van der Waals surface area contributed by atoms with Crippen LogP contribution in [0.4, 0.5) is 0 Å². The van der Waals surface area contributed by atoms with Crippen LogP contribution in [0.1, 0.15) is 28.9 Å². The summed E-state index contributed by atoms with van der Waals surface area (Å²) < 4.78 is 0. The van der Waals surface area contributed by atoms with Crippen molar-refractivity contribution in [2.24, 2.45) is 0 Å². The van der Waals surface area contributed by atoms with Crippen molar-refractivity contribution in [2.45, 2.75) is 13.0 Å². The monoisotopic (exact) mass is 318 g/mol. The lowest BCUT2D eigenvalue weighted by Crippen LogP contribution is -2.36. The van der Waals surface area contributed by atoms with Crippen LogP contribution in [0.3, 0.4) is 0 Å². The van der Waals surface area contributed by atoms with E-state index in [0.29, 0.717) is 17.0 Å². The second-order valence-electron chi connectivity index (χ2n) is 5.60. The van der Waals surface area contributed by atoms with Gasteiger partial charge in [-0.25, -0.2) is 0 Å². The van der Waals surface area contributed by atoms with E-state index in [9.17, 15) is 9.59 Å². The molecule has 0 bridgehead atoms. The first kappa shape index (κ1) is 15.7. The predicted octanol–water partition coefficient (Wildman–Crippen LogP) is 3.12. The van der Waals surface area contributed by atoms with Crippen LogP contribution in [-0.4, -0.2) is 11.6 Å². The number of carbonyl (C=O) groups is 2. The Morgan fingerprint density at radius 3 is 2.21 bits per heavy atom. The Morgan fingerprint density at radius 2 is 1.58 bits per heavy atom. The summed E-state index contributed by atoms with van der Waals surface area (Å²) in [5, 5.41) is 6.35. The molecule has 2 aromatic carbocycles. The molecule has 0 spiro atoms. The van der Waals surface area contributed by atoms with Gasteiger partial charge in [0, 0.05) is 23.5 Å². The van der Waals surface area contributed by atoms with E-state index in [-0.39, 0.29) is 17.6 Å².